The van der Waals surface area contributed by atoms with Crippen molar-refractivity contribution in [1.82, 2.24) is 19.6 Å². The molecule has 0 bridgehead atoms. The molecule has 0 amide bonds. The average molecular weight is 525 g/mol. The SMILES string of the molecule is CC(C)(C)c1ccc(CSc2cc(Br)c3cnc(-c4nnc(C5(C#N)CC5)s4)n3c2)cc1. The summed E-state index contributed by atoms with van der Waals surface area (Å²) >= 11 is 6.97. The van der Waals surface area contributed by atoms with E-state index in [-0.39, 0.29) is 5.41 Å². The van der Waals surface area contributed by atoms with Crippen LogP contribution in [0.4, 0.5) is 0 Å². The Labute approximate surface area is 204 Å². The van der Waals surface area contributed by atoms with Gasteiger partial charge in [-0.1, -0.05) is 56.4 Å². The molecule has 162 valence electrons. The molecule has 5 rings (SSSR count). The highest BCUT2D eigenvalue weighted by Crippen LogP contribution is 2.49. The van der Waals surface area contributed by atoms with Crippen LogP contribution in [-0.2, 0) is 16.6 Å². The van der Waals surface area contributed by atoms with Crippen molar-refractivity contribution in [3.63, 3.8) is 0 Å². The third kappa shape index (κ3) is 3.98. The summed E-state index contributed by atoms with van der Waals surface area (Å²) < 4.78 is 3.05. The number of imidazole rings is 1. The van der Waals surface area contributed by atoms with Crippen molar-refractivity contribution >= 4 is 44.5 Å². The van der Waals surface area contributed by atoms with Crippen LogP contribution in [0.5, 0.6) is 0 Å². The molecule has 0 aliphatic heterocycles. The van der Waals surface area contributed by atoms with E-state index in [9.17, 15) is 5.26 Å². The molecule has 1 aromatic carbocycles. The van der Waals surface area contributed by atoms with Crippen LogP contribution >= 0.6 is 39.0 Å². The molecule has 3 aromatic heterocycles. The summed E-state index contributed by atoms with van der Waals surface area (Å²) in [6.07, 6.45) is 5.68. The predicted molar refractivity (Wildman–Crippen MR) is 133 cm³/mol. The van der Waals surface area contributed by atoms with E-state index in [4.69, 9.17) is 0 Å². The number of nitriles is 1. The molecule has 0 unspecified atom stereocenters. The zero-order valence-electron chi connectivity index (χ0n) is 18.1. The van der Waals surface area contributed by atoms with Gasteiger partial charge in [-0.25, -0.2) is 4.98 Å². The second-order valence-corrected chi connectivity index (χ2v) is 12.1. The van der Waals surface area contributed by atoms with Crippen molar-refractivity contribution in [2.75, 3.05) is 0 Å². The van der Waals surface area contributed by atoms with Crippen LogP contribution in [-0.4, -0.2) is 19.6 Å². The summed E-state index contributed by atoms with van der Waals surface area (Å²) in [7, 11) is 0. The van der Waals surface area contributed by atoms with Crippen LogP contribution < -0.4 is 0 Å². The Hall–Kier alpha value is -2.21. The Morgan fingerprint density at radius 2 is 1.97 bits per heavy atom. The van der Waals surface area contributed by atoms with E-state index >= 15 is 0 Å². The van der Waals surface area contributed by atoms with E-state index < -0.39 is 5.41 Å². The minimum Gasteiger partial charge on any atom is -0.295 e. The Balaban J connectivity index is 1.40. The lowest BCUT2D eigenvalue weighted by molar-refractivity contribution is 0.590. The lowest BCUT2D eigenvalue weighted by Gasteiger charge is -2.19. The van der Waals surface area contributed by atoms with Gasteiger partial charge in [0.1, 0.15) is 10.4 Å². The van der Waals surface area contributed by atoms with Crippen molar-refractivity contribution in [3.8, 4) is 16.9 Å². The summed E-state index contributed by atoms with van der Waals surface area (Å²) in [5.41, 5.74) is 3.37. The fourth-order valence-electron chi connectivity index (χ4n) is 3.54. The summed E-state index contributed by atoms with van der Waals surface area (Å²) in [5, 5.41) is 19.7. The standard InChI is InChI=1S/C24H22BrN5S2/c1-23(2,3)16-6-4-15(5-7-16)13-31-17-10-18(25)19-11-27-20(30(19)12-17)21-28-29-22(32-21)24(14-26)8-9-24/h4-7,10-12H,8-9,13H2,1-3H3. The number of nitrogens with zero attached hydrogens (tertiary/aromatic N) is 5. The molecule has 1 saturated carbocycles. The maximum Gasteiger partial charge on any atom is 0.183 e. The Morgan fingerprint density at radius 1 is 1.22 bits per heavy atom. The molecule has 5 nitrogen and oxygen atoms in total. The fourth-order valence-corrected chi connectivity index (χ4v) is 6.17. The normalized spacial score (nSPS) is 15.1. The second-order valence-electron chi connectivity index (χ2n) is 9.20. The first-order chi connectivity index (χ1) is 15.3. The van der Waals surface area contributed by atoms with Crippen molar-refractivity contribution in [2.45, 2.75) is 55.1 Å². The molecular formula is C24H22BrN5S2. The van der Waals surface area contributed by atoms with E-state index in [0.29, 0.717) is 0 Å². The highest BCUT2D eigenvalue weighted by molar-refractivity contribution is 9.10. The Morgan fingerprint density at radius 3 is 2.62 bits per heavy atom. The summed E-state index contributed by atoms with van der Waals surface area (Å²) in [6.45, 7) is 6.70. The van der Waals surface area contributed by atoms with Gasteiger partial charge in [-0.05, 0) is 51.4 Å². The molecule has 4 aromatic rings. The Kier molecular flexibility index (Phi) is 5.39. The molecule has 3 heterocycles. The zero-order chi connectivity index (χ0) is 22.5. The third-order valence-corrected chi connectivity index (χ3v) is 8.57. The van der Waals surface area contributed by atoms with Gasteiger partial charge < -0.3 is 0 Å². The van der Waals surface area contributed by atoms with Gasteiger partial charge in [0, 0.05) is 21.3 Å². The number of rotatable bonds is 5. The largest absolute Gasteiger partial charge is 0.295 e. The molecule has 1 aliphatic rings. The molecule has 1 aliphatic carbocycles. The maximum atomic E-state index is 9.46. The number of thioether (sulfide) groups is 1. The maximum absolute atomic E-state index is 9.46. The molecule has 8 heteroatoms. The number of benzene rings is 1. The highest BCUT2D eigenvalue weighted by Gasteiger charge is 2.48. The molecule has 0 saturated heterocycles. The van der Waals surface area contributed by atoms with Gasteiger partial charge in [0.15, 0.2) is 10.8 Å². The van der Waals surface area contributed by atoms with Gasteiger partial charge in [-0.15, -0.1) is 22.0 Å². The third-order valence-electron chi connectivity index (χ3n) is 5.78. The number of hydrogen-bond donors (Lipinski definition) is 0. The monoisotopic (exact) mass is 523 g/mol. The number of aromatic nitrogens is 4. The van der Waals surface area contributed by atoms with Gasteiger partial charge in [0.25, 0.3) is 0 Å². The molecular weight excluding hydrogens is 502 g/mol. The number of pyridine rings is 1. The van der Waals surface area contributed by atoms with Crippen LogP contribution in [0.15, 0.2) is 52.1 Å². The number of fused-ring (bicyclic) bond motifs is 1. The van der Waals surface area contributed by atoms with Crippen LogP contribution in [0.25, 0.3) is 16.3 Å². The fraction of sp³-hybridized carbons (Fsp3) is 0.333. The quantitative estimate of drug-likeness (QED) is 0.270. The van der Waals surface area contributed by atoms with E-state index in [1.165, 1.54) is 22.5 Å². The van der Waals surface area contributed by atoms with E-state index in [0.717, 1.165) is 49.3 Å². The van der Waals surface area contributed by atoms with E-state index in [1.54, 1.807) is 11.8 Å². The predicted octanol–water partition coefficient (Wildman–Crippen LogP) is 6.76. The zero-order valence-corrected chi connectivity index (χ0v) is 21.3. The van der Waals surface area contributed by atoms with Crippen LogP contribution in [0, 0.1) is 11.3 Å². The lowest BCUT2D eigenvalue weighted by atomic mass is 9.87. The minimum atomic E-state index is -0.423. The molecule has 1 fully saturated rings. The van der Waals surface area contributed by atoms with Crippen molar-refractivity contribution in [3.05, 3.63) is 63.3 Å². The van der Waals surface area contributed by atoms with Crippen molar-refractivity contribution in [2.24, 2.45) is 0 Å². The first-order valence-corrected chi connectivity index (χ1v) is 13.0. The summed E-state index contributed by atoms with van der Waals surface area (Å²) in [6, 6.07) is 13.4. The first kappa shape index (κ1) is 21.6. The molecule has 32 heavy (non-hydrogen) atoms. The molecule has 0 radical (unpaired) electrons. The van der Waals surface area contributed by atoms with Crippen molar-refractivity contribution < 1.29 is 0 Å². The van der Waals surface area contributed by atoms with Gasteiger partial charge >= 0.3 is 0 Å². The van der Waals surface area contributed by atoms with Crippen LogP contribution in [0.3, 0.4) is 0 Å². The molecule has 0 atom stereocenters. The van der Waals surface area contributed by atoms with Crippen LogP contribution in [0.2, 0.25) is 0 Å². The van der Waals surface area contributed by atoms with Gasteiger partial charge in [-0.2, -0.15) is 5.26 Å². The van der Waals surface area contributed by atoms with E-state index in [1.807, 2.05) is 6.20 Å². The van der Waals surface area contributed by atoms with Gasteiger partial charge in [0.05, 0.1) is 17.8 Å². The lowest BCUT2D eigenvalue weighted by Crippen LogP contribution is -2.10. The number of hydrogen-bond acceptors (Lipinski definition) is 6. The highest BCUT2D eigenvalue weighted by atomic mass is 79.9. The van der Waals surface area contributed by atoms with Crippen LogP contribution in [0.1, 0.15) is 49.7 Å². The molecule has 0 N–H and O–H groups in total. The van der Waals surface area contributed by atoms with Gasteiger partial charge in [-0.3, -0.25) is 4.40 Å². The first-order valence-electron chi connectivity index (χ1n) is 10.4. The Bertz CT molecular complexity index is 1340. The van der Waals surface area contributed by atoms with Crippen molar-refractivity contribution in [1.29, 1.82) is 5.26 Å². The smallest absolute Gasteiger partial charge is 0.183 e. The number of halogens is 1. The average Bonchev–Trinajstić information content (AvgIpc) is 3.20. The van der Waals surface area contributed by atoms with Gasteiger partial charge in [0.2, 0.25) is 0 Å². The van der Waals surface area contributed by atoms with E-state index in [2.05, 4.69) is 98.9 Å². The molecule has 0 spiro atoms. The topological polar surface area (TPSA) is 66.9 Å². The summed E-state index contributed by atoms with van der Waals surface area (Å²) in [4.78, 5) is 5.75. The summed E-state index contributed by atoms with van der Waals surface area (Å²) in [5.74, 6) is 1.65. The minimum absolute atomic E-state index is 0.163. The second kappa shape index (κ2) is 7.98.